The Morgan fingerprint density at radius 3 is 2.53 bits per heavy atom. The van der Waals surface area contributed by atoms with E-state index in [1.54, 1.807) is 0 Å². The second-order valence-corrected chi connectivity index (χ2v) is 4.42. The van der Waals surface area contributed by atoms with E-state index in [4.69, 9.17) is 10.6 Å². The molecule has 0 bridgehead atoms. The van der Waals surface area contributed by atoms with E-state index in [1.807, 2.05) is 24.3 Å². The van der Waals surface area contributed by atoms with Gasteiger partial charge in [-0.25, -0.2) is 0 Å². The maximum absolute atomic E-state index is 11.7. The SMILES string of the molecule is [N-]=[N+]=NCCCCC(=O)Cc1ccc(CCO)cc1. The normalized spacial score (nSPS) is 9.95. The minimum Gasteiger partial charge on any atom is -0.396 e. The molecule has 0 heterocycles. The second-order valence-electron chi connectivity index (χ2n) is 4.42. The molecule has 5 nitrogen and oxygen atoms in total. The molecule has 0 saturated heterocycles. The van der Waals surface area contributed by atoms with Gasteiger partial charge < -0.3 is 5.11 Å². The molecule has 1 rings (SSSR count). The number of carbonyl (C=O) groups is 1. The summed E-state index contributed by atoms with van der Waals surface area (Å²) in [6.07, 6.45) is 3.14. The summed E-state index contributed by atoms with van der Waals surface area (Å²) >= 11 is 0. The Hall–Kier alpha value is -1.84. The van der Waals surface area contributed by atoms with Gasteiger partial charge in [0.1, 0.15) is 5.78 Å². The van der Waals surface area contributed by atoms with Gasteiger partial charge in [-0.05, 0) is 35.9 Å². The number of aliphatic hydroxyl groups excluding tert-OH is 1. The molecule has 0 aliphatic rings. The minimum absolute atomic E-state index is 0.142. The number of Topliss-reactive ketones (excluding diaryl/α,β-unsaturated/α-hetero) is 1. The molecule has 0 radical (unpaired) electrons. The van der Waals surface area contributed by atoms with E-state index >= 15 is 0 Å². The molecule has 0 unspecified atom stereocenters. The number of carbonyl (C=O) groups excluding carboxylic acids is 1. The standard InChI is InChI=1S/C14H19N3O2/c15-17-16-9-2-1-3-14(19)11-13-6-4-12(5-7-13)8-10-18/h4-7,18H,1-3,8-11H2. The van der Waals surface area contributed by atoms with Crippen molar-refractivity contribution in [3.63, 3.8) is 0 Å². The summed E-state index contributed by atoms with van der Waals surface area (Å²) in [7, 11) is 0. The molecule has 1 N–H and O–H groups in total. The zero-order chi connectivity index (χ0) is 13.9. The average molecular weight is 261 g/mol. The topological polar surface area (TPSA) is 86.1 Å². The molecule has 1 aromatic carbocycles. The van der Waals surface area contributed by atoms with Crippen LogP contribution < -0.4 is 0 Å². The van der Waals surface area contributed by atoms with Crippen molar-refractivity contribution in [3.05, 3.63) is 45.8 Å². The van der Waals surface area contributed by atoms with Crippen molar-refractivity contribution in [3.8, 4) is 0 Å². The molecule has 102 valence electrons. The molecule has 0 amide bonds. The lowest BCUT2D eigenvalue weighted by atomic mass is 10.0. The number of azide groups is 1. The van der Waals surface area contributed by atoms with Crippen LogP contribution in [0.5, 0.6) is 0 Å². The minimum atomic E-state index is 0.142. The molecular formula is C14H19N3O2. The van der Waals surface area contributed by atoms with Crippen LogP contribution in [0.25, 0.3) is 10.4 Å². The third kappa shape index (κ3) is 6.60. The summed E-state index contributed by atoms with van der Waals surface area (Å²) in [5.41, 5.74) is 10.2. The first-order chi connectivity index (χ1) is 9.26. The van der Waals surface area contributed by atoms with E-state index in [0.29, 0.717) is 25.8 Å². The van der Waals surface area contributed by atoms with Crippen molar-refractivity contribution in [1.82, 2.24) is 0 Å². The molecular weight excluding hydrogens is 242 g/mol. The number of hydrogen-bond donors (Lipinski definition) is 1. The van der Waals surface area contributed by atoms with Crippen LogP contribution in [0, 0.1) is 0 Å². The van der Waals surface area contributed by atoms with Gasteiger partial charge in [0.2, 0.25) is 0 Å². The second kappa shape index (κ2) is 9.14. The average Bonchev–Trinajstić information content (AvgIpc) is 2.41. The van der Waals surface area contributed by atoms with Gasteiger partial charge in [-0.1, -0.05) is 29.4 Å². The molecule has 0 aliphatic heterocycles. The van der Waals surface area contributed by atoms with Crippen molar-refractivity contribution in [2.24, 2.45) is 5.11 Å². The number of hydrogen-bond acceptors (Lipinski definition) is 3. The number of aliphatic hydroxyl groups is 1. The van der Waals surface area contributed by atoms with Crippen LogP contribution in [0.15, 0.2) is 29.4 Å². The highest BCUT2D eigenvalue weighted by molar-refractivity contribution is 5.80. The molecule has 0 spiro atoms. The lowest BCUT2D eigenvalue weighted by Crippen LogP contribution is -2.03. The van der Waals surface area contributed by atoms with Gasteiger partial charge in [0, 0.05) is 30.9 Å². The number of unbranched alkanes of at least 4 members (excludes halogenated alkanes) is 1. The van der Waals surface area contributed by atoms with Gasteiger partial charge in [0.25, 0.3) is 0 Å². The Morgan fingerprint density at radius 2 is 1.89 bits per heavy atom. The number of ketones is 1. The van der Waals surface area contributed by atoms with Crippen LogP contribution in [-0.2, 0) is 17.6 Å². The van der Waals surface area contributed by atoms with Gasteiger partial charge in [-0.15, -0.1) is 0 Å². The highest BCUT2D eigenvalue weighted by atomic mass is 16.2. The maximum Gasteiger partial charge on any atom is 0.137 e. The van der Waals surface area contributed by atoms with Gasteiger partial charge in [-0.2, -0.15) is 0 Å². The van der Waals surface area contributed by atoms with Crippen LogP contribution >= 0.6 is 0 Å². The summed E-state index contributed by atoms with van der Waals surface area (Å²) in [5.74, 6) is 0.204. The van der Waals surface area contributed by atoms with Gasteiger partial charge in [0.05, 0.1) is 0 Å². The lowest BCUT2D eigenvalue weighted by Gasteiger charge is -2.03. The molecule has 0 aliphatic carbocycles. The van der Waals surface area contributed by atoms with Gasteiger partial charge >= 0.3 is 0 Å². The Morgan fingerprint density at radius 1 is 1.21 bits per heavy atom. The Bertz CT molecular complexity index is 437. The van der Waals surface area contributed by atoms with Gasteiger partial charge in [-0.3, -0.25) is 4.79 Å². The van der Waals surface area contributed by atoms with E-state index in [2.05, 4.69) is 10.0 Å². The summed E-state index contributed by atoms with van der Waals surface area (Å²) in [6, 6.07) is 7.76. The predicted molar refractivity (Wildman–Crippen MR) is 73.8 cm³/mol. The van der Waals surface area contributed by atoms with Crippen LogP contribution in [0.2, 0.25) is 0 Å². The molecule has 0 aromatic heterocycles. The van der Waals surface area contributed by atoms with Crippen molar-refractivity contribution >= 4 is 5.78 Å². The number of benzene rings is 1. The van der Waals surface area contributed by atoms with Crippen molar-refractivity contribution < 1.29 is 9.90 Å². The Balaban J connectivity index is 2.29. The first kappa shape index (κ1) is 15.2. The van der Waals surface area contributed by atoms with Crippen LogP contribution in [-0.4, -0.2) is 24.0 Å². The molecule has 0 fully saturated rings. The molecule has 1 aromatic rings. The fourth-order valence-electron chi connectivity index (χ4n) is 1.82. The van der Waals surface area contributed by atoms with Crippen LogP contribution in [0.1, 0.15) is 30.4 Å². The van der Waals surface area contributed by atoms with Crippen LogP contribution in [0.3, 0.4) is 0 Å². The van der Waals surface area contributed by atoms with Crippen molar-refractivity contribution in [2.75, 3.05) is 13.2 Å². The smallest absolute Gasteiger partial charge is 0.137 e. The van der Waals surface area contributed by atoms with E-state index < -0.39 is 0 Å². The largest absolute Gasteiger partial charge is 0.396 e. The fourth-order valence-corrected chi connectivity index (χ4v) is 1.82. The van der Waals surface area contributed by atoms with E-state index in [0.717, 1.165) is 24.0 Å². The van der Waals surface area contributed by atoms with E-state index in [-0.39, 0.29) is 12.4 Å². The van der Waals surface area contributed by atoms with Crippen molar-refractivity contribution in [2.45, 2.75) is 32.1 Å². The number of nitrogens with zero attached hydrogens (tertiary/aromatic N) is 3. The predicted octanol–water partition coefficient (Wildman–Crippen LogP) is 2.81. The number of rotatable bonds is 9. The maximum atomic E-state index is 11.7. The molecule has 19 heavy (non-hydrogen) atoms. The quantitative estimate of drug-likeness (QED) is 0.321. The Labute approximate surface area is 112 Å². The summed E-state index contributed by atoms with van der Waals surface area (Å²) in [4.78, 5) is 14.4. The van der Waals surface area contributed by atoms with Crippen molar-refractivity contribution in [1.29, 1.82) is 0 Å². The van der Waals surface area contributed by atoms with Crippen LogP contribution in [0.4, 0.5) is 0 Å². The monoisotopic (exact) mass is 261 g/mol. The van der Waals surface area contributed by atoms with E-state index in [1.165, 1.54) is 0 Å². The summed E-state index contributed by atoms with van der Waals surface area (Å²) in [5, 5.41) is 12.2. The highest BCUT2D eigenvalue weighted by Gasteiger charge is 2.03. The molecule has 0 atom stereocenters. The first-order valence-corrected chi connectivity index (χ1v) is 6.47. The lowest BCUT2D eigenvalue weighted by molar-refractivity contribution is -0.118. The highest BCUT2D eigenvalue weighted by Crippen LogP contribution is 2.08. The fraction of sp³-hybridized carbons (Fsp3) is 0.500. The molecule has 0 saturated carbocycles. The molecule has 5 heteroatoms. The zero-order valence-corrected chi connectivity index (χ0v) is 11.0. The van der Waals surface area contributed by atoms with Gasteiger partial charge in [0.15, 0.2) is 0 Å². The zero-order valence-electron chi connectivity index (χ0n) is 11.0. The summed E-state index contributed by atoms with van der Waals surface area (Å²) in [6.45, 7) is 0.600. The third-order valence-corrected chi connectivity index (χ3v) is 2.85. The first-order valence-electron chi connectivity index (χ1n) is 6.47. The van der Waals surface area contributed by atoms with E-state index in [9.17, 15) is 4.79 Å². The summed E-state index contributed by atoms with van der Waals surface area (Å²) < 4.78 is 0. The third-order valence-electron chi connectivity index (χ3n) is 2.85. The Kier molecular flexibility index (Phi) is 7.32.